The number of piperidine rings is 1. The second-order valence-corrected chi connectivity index (χ2v) is 8.15. The predicted octanol–water partition coefficient (Wildman–Crippen LogP) is 4.15. The number of carbonyl (C=O) groups is 2. The van der Waals surface area contributed by atoms with Crippen molar-refractivity contribution in [2.45, 2.75) is 19.3 Å². The summed E-state index contributed by atoms with van der Waals surface area (Å²) in [5.41, 5.74) is 1.81. The van der Waals surface area contributed by atoms with Gasteiger partial charge in [0.15, 0.2) is 0 Å². The molecule has 2 heterocycles. The number of aromatic amines is 1. The van der Waals surface area contributed by atoms with Crippen LogP contribution in [0.25, 0.3) is 11.0 Å². The first kappa shape index (κ1) is 20.3. The van der Waals surface area contributed by atoms with E-state index in [4.69, 9.17) is 11.6 Å². The molecule has 156 valence electrons. The Bertz CT molecular complexity index is 1080. The summed E-state index contributed by atoms with van der Waals surface area (Å²) in [5, 5.41) is 9.88. The van der Waals surface area contributed by atoms with E-state index in [1.807, 2.05) is 0 Å². The van der Waals surface area contributed by atoms with Crippen molar-refractivity contribution < 1.29 is 19.1 Å². The fraction of sp³-hybridized carbons (Fsp3) is 0.318. The average molecular weight is 430 g/mol. The van der Waals surface area contributed by atoms with Crippen LogP contribution in [-0.2, 0) is 11.2 Å². The molecule has 1 aliphatic rings. The molecule has 8 heteroatoms. The molecule has 1 aliphatic heterocycles. The summed E-state index contributed by atoms with van der Waals surface area (Å²) in [6.07, 6.45) is 1.13. The third-order valence-corrected chi connectivity index (χ3v) is 5.91. The van der Waals surface area contributed by atoms with E-state index in [0.29, 0.717) is 53.4 Å². The third kappa shape index (κ3) is 4.46. The molecule has 1 amide bonds. The number of aromatic nitrogens is 2. The van der Waals surface area contributed by atoms with E-state index in [2.05, 4.69) is 9.97 Å². The molecular weight excluding hydrogens is 409 g/mol. The molecule has 0 aliphatic carbocycles. The van der Waals surface area contributed by atoms with Crippen LogP contribution in [-0.4, -0.2) is 44.9 Å². The summed E-state index contributed by atoms with van der Waals surface area (Å²) < 4.78 is 13.5. The number of nitrogens with zero attached hydrogens (tertiary/aromatic N) is 2. The lowest BCUT2D eigenvalue weighted by Crippen LogP contribution is -2.45. The number of H-pyrrole nitrogens is 1. The van der Waals surface area contributed by atoms with Gasteiger partial charge in [0.05, 0.1) is 11.0 Å². The molecule has 0 saturated carbocycles. The topological polar surface area (TPSA) is 86.3 Å². The lowest BCUT2D eigenvalue weighted by atomic mass is 9.81. The van der Waals surface area contributed by atoms with Gasteiger partial charge in [0, 0.05) is 36.5 Å². The first-order chi connectivity index (χ1) is 14.4. The van der Waals surface area contributed by atoms with Crippen molar-refractivity contribution in [1.29, 1.82) is 0 Å². The van der Waals surface area contributed by atoms with E-state index in [1.165, 1.54) is 12.1 Å². The smallest absolute Gasteiger partial charge is 0.303 e. The number of imidazole rings is 1. The Labute approximate surface area is 177 Å². The highest BCUT2D eigenvalue weighted by molar-refractivity contribution is 6.30. The summed E-state index contributed by atoms with van der Waals surface area (Å²) in [5.74, 6) is -0.778. The van der Waals surface area contributed by atoms with E-state index in [9.17, 15) is 19.1 Å². The fourth-order valence-corrected chi connectivity index (χ4v) is 4.27. The van der Waals surface area contributed by atoms with Crippen LogP contribution < -0.4 is 0 Å². The van der Waals surface area contributed by atoms with Gasteiger partial charge in [-0.1, -0.05) is 11.6 Å². The van der Waals surface area contributed by atoms with Crippen molar-refractivity contribution in [3.8, 4) is 0 Å². The zero-order chi connectivity index (χ0) is 21.3. The van der Waals surface area contributed by atoms with Gasteiger partial charge in [-0.25, -0.2) is 9.37 Å². The van der Waals surface area contributed by atoms with Crippen molar-refractivity contribution in [3.05, 3.63) is 64.7 Å². The van der Waals surface area contributed by atoms with Gasteiger partial charge in [0.25, 0.3) is 5.91 Å². The van der Waals surface area contributed by atoms with Gasteiger partial charge in [-0.15, -0.1) is 0 Å². The Morgan fingerprint density at radius 3 is 2.70 bits per heavy atom. The highest BCUT2D eigenvalue weighted by atomic mass is 35.5. The SMILES string of the molecule is O=C(O)CC1CCN(C(=O)c2ccc(Cl)cc2)CC1Cc1nc2ccc(F)cc2[nH]1. The highest BCUT2D eigenvalue weighted by Crippen LogP contribution is 2.30. The van der Waals surface area contributed by atoms with E-state index in [-0.39, 0.29) is 30.0 Å². The number of rotatable bonds is 5. The summed E-state index contributed by atoms with van der Waals surface area (Å²) in [6.45, 7) is 0.937. The van der Waals surface area contributed by atoms with Gasteiger partial charge in [0.2, 0.25) is 0 Å². The summed E-state index contributed by atoms with van der Waals surface area (Å²) >= 11 is 5.91. The fourth-order valence-electron chi connectivity index (χ4n) is 4.14. The minimum absolute atomic E-state index is 0.0441. The number of carboxylic acids is 1. The normalized spacial score (nSPS) is 19.2. The Morgan fingerprint density at radius 2 is 1.97 bits per heavy atom. The van der Waals surface area contributed by atoms with Crippen molar-refractivity contribution in [1.82, 2.24) is 14.9 Å². The third-order valence-electron chi connectivity index (χ3n) is 5.66. The van der Waals surface area contributed by atoms with Crippen molar-refractivity contribution in [3.63, 3.8) is 0 Å². The second kappa shape index (κ2) is 8.44. The van der Waals surface area contributed by atoms with E-state index < -0.39 is 5.97 Å². The summed E-state index contributed by atoms with van der Waals surface area (Å²) in [7, 11) is 0. The molecule has 0 radical (unpaired) electrons. The summed E-state index contributed by atoms with van der Waals surface area (Å²) in [6, 6.07) is 11.1. The summed E-state index contributed by atoms with van der Waals surface area (Å²) in [4.78, 5) is 33.7. The first-order valence-electron chi connectivity index (χ1n) is 9.80. The minimum atomic E-state index is -0.853. The van der Waals surface area contributed by atoms with Gasteiger partial charge in [-0.3, -0.25) is 9.59 Å². The number of carbonyl (C=O) groups excluding carboxylic acids is 1. The Hall–Kier alpha value is -2.93. The molecule has 3 aromatic rings. The van der Waals surface area contributed by atoms with E-state index in [0.717, 1.165) is 0 Å². The number of hydrogen-bond donors (Lipinski definition) is 2. The van der Waals surface area contributed by atoms with Crippen LogP contribution in [0.15, 0.2) is 42.5 Å². The second-order valence-electron chi connectivity index (χ2n) is 7.71. The van der Waals surface area contributed by atoms with Gasteiger partial charge < -0.3 is 15.0 Å². The number of fused-ring (bicyclic) bond motifs is 1. The number of amides is 1. The molecule has 1 aromatic heterocycles. The molecule has 2 atom stereocenters. The van der Waals surface area contributed by atoms with Crippen LogP contribution in [0.4, 0.5) is 4.39 Å². The zero-order valence-electron chi connectivity index (χ0n) is 16.1. The maximum atomic E-state index is 13.5. The van der Waals surface area contributed by atoms with Crippen LogP contribution in [0.3, 0.4) is 0 Å². The van der Waals surface area contributed by atoms with E-state index in [1.54, 1.807) is 35.2 Å². The van der Waals surface area contributed by atoms with Crippen LogP contribution >= 0.6 is 11.6 Å². The minimum Gasteiger partial charge on any atom is -0.481 e. The number of hydrogen-bond acceptors (Lipinski definition) is 3. The number of likely N-dealkylation sites (tertiary alicyclic amines) is 1. The number of benzene rings is 2. The number of aliphatic carboxylic acids is 1. The molecule has 4 rings (SSSR count). The quantitative estimate of drug-likeness (QED) is 0.637. The Morgan fingerprint density at radius 1 is 1.20 bits per heavy atom. The molecule has 0 bridgehead atoms. The van der Waals surface area contributed by atoms with Crippen molar-refractivity contribution >= 4 is 34.5 Å². The monoisotopic (exact) mass is 429 g/mol. The lowest BCUT2D eigenvalue weighted by Gasteiger charge is -2.38. The largest absolute Gasteiger partial charge is 0.481 e. The van der Waals surface area contributed by atoms with Crippen LogP contribution in [0.2, 0.25) is 5.02 Å². The predicted molar refractivity (Wildman–Crippen MR) is 111 cm³/mol. The maximum Gasteiger partial charge on any atom is 0.303 e. The van der Waals surface area contributed by atoms with Gasteiger partial charge in [-0.05, 0) is 60.7 Å². The van der Waals surface area contributed by atoms with Crippen molar-refractivity contribution in [2.24, 2.45) is 11.8 Å². The Balaban J connectivity index is 1.54. The number of halogens is 2. The molecular formula is C22H21ClFN3O3. The van der Waals surface area contributed by atoms with Gasteiger partial charge in [-0.2, -0.15) is 0 Å². The maximum absolute atomic E-state index is 13.5. The first-order valence-corrected chi connectivity index (χ1v) is 10.2. The van der Waals surface area contributed by atoms with Gasteiger partial charge in [0.1, 0.15) is 11.6 Å². The molecule has 1 fully saturated rings. The molecule has 30 heavy (non-hydrogen) atoms. The number of carboxylic acid groups (broad SMARTS) is 1. The molecule has 2 unspecified atom stereocenters. The zero-order valence-corrected chi connectivity index (χ0v) is 16.9. The standard InChI is InChI=1S/C22H21ClFN3O3/c23-16-3-1-13(2-4-16)22(30)27-8-7-14(10-21(28)29)15(12-27)9-20-25-18-6-5-17(24)11-19(18)26-20/h1-6,11,14-15H,7-10,12H2,(H,25,26)(H,28,29). The average Bonchev–Trinajstić information content (AvgIpc) is 3.10. The van der Waals surface area contributed by atoms with Gasteiger partial charge >= 0.3 is 5.97 Å². The molecule has 2 aromatic carbocycles. The lowest BCUT2D eigenvalue weighted by molar-refractivity contribution is -0.139. The highest BCUT2D eigenvalue weighted by Gasteiger charge is 2.33. The van der Waals surface area contributed by atoms with Crippen LogP contribution in [0.1, 0.15) is 29.0 Å². The van der Waals surface area contributed by atoms with E-state index >= 15 is 0 Å². The molecule has 0 spiro atoms. The van der Waals surface area contributed by atoms with Crippen molar-refractivity contribution in [2.75, 3.05) is 13.1 Å². The number of nitrogens with one attached hydrogen (secondary N) is 1. The van der Waals surface area contributed by atoms with Crippen LogP contribution in [0, 0.1) is 17.7 Å². The molecule has 1 saturated heterocycles. The Kier molecular flexibility index (Phi) is 5.72. The molecule has 2 N–H and O–H groups in total. The van der Waals surface area contributed by atoms with Crippen LogP contribution in [0.5, 0.6) is 0 Å². The molecule has 6 nitrogen and oxygen atoms in total.